The van der Waals surface area contributed by atoms with E-state index in [1.54, 1.807) is 6.07 Å². The first-order valence-electron chi connectivity index (χ1n) is 11.8. The molecule has 0 spiro atoms. The Bertz CT molecular complexity index is 871. The normalized spacial score (nSPS) is 23.8. The predicted octanol–water partition coefficient (Wildman–Crippen LogP) is 2.53. The molecule has 0 saturated carbocycles. The fraction of sp³-hybridized carbons (Fsp3) is 0.667. The average Bonchev–Trinajstić information content (AvgIpc) is 3.09. The van der Waals surface area contributed by atoms with Gasteiger partial charge in [-0.15, -0.1) is 0 Å². The third kappa shape index (κ3) is 8.75. The van der Waals surface area contributed by atoms with Gasteiger partial charge in [-0.25, -0.2) is 0 Å². The van der Waals surface area contributed by atoms with E-state index in [4.69, 9.17) is 53.2 Å². The molecule has 0 aromatic heterocycles. The summed E-state index contributed by atoms with van der Waals surface area (Å²) in [6.45, 7) is 2.98. The van der Waals surface area contributed by atoms with Crippen LogP contribution in [0.5, 0.6) is 0 Å². The van der Waals surface area contributed by atoms with Gasteiger partial charge in [0.05, 0.1) is 23.1 Å². The molecule has 2 heterocycles. The quantitative estimate of drug-likeness (QED) is 0.141. The van der Waals surface area contributed by atoms with Crippen molar-refractivity contribution in [2.75, 3.05) is 51.3 Å². The maximum absolute atomic E-state index is 12.9. The molecule has 4 atom stereocenters. The molecule has 3 rings (SSSR count). The Labute approximate surface area is 249 Å². The Morgan fingerprint density at radius 2 is 1.97 bits per heavy atom. The standard InChI is InChI=1S/C24H35Cl2N3O3S2.O.Re/c1-32-24(31)23-18(16-3-5-19(25)20(26)13-16)14-17-4-6-21(23)29(17)9-2-8-28(10-12-34)15-22(30)27-7-11-33;;/h3,5,13,17-18,21,23,33-34H,2,4,6-12,14-15H2,1H3,(H,27,30);;/q;-2;/p-3/t17?,18-,21+,23-;;/m0../s1. The summed E-state index contributed by atoms with van der Waals surface area (Å²) >= 11 is 22.4. The summed E-state index contributed by atoms with van der Waals surface area (Å²) in [5.74, 6) is 0.517. The van der Waals surface area contributed by atoms with Crippen LogP contribution in [0.3, 0.4) is 0 Å². The minimum Gasteiger partial charge on any atom is -2.00 e. The molecule has 2 aliphatic rings. The molecule has 0 aliphatic carbocycles. The van der Waals surface area contributed by atoms with Gasteiger partial charge in [-0.1, -0.05) is 29.3 Å². The smallest absolute Gasteiger partial charge is 0.310 e. The Morgan fingerprint density at radius 1 is 1.22 bits per heavy atom. The molecule has 2 aliphatic heterocycles. The van der Waals surface area contributed by atoms with Crippen molar-refractivity contribution in [1.82, 2.24) is 9.80 Å². The number of fused-ring (bicyclic) bond motifs is 2. The van der Waals surface area contributed by atoms with Crippen molar-refractivity contribution in [1.29, 1.82) is 0 Å². The molecule has 7 nitrogen and oxygen atoms in total. The monoisotopic (exact) mass is 747 g/mol. The number of methoxy groups -OCH3 is 1. The molecular weight excluding hydrogens is 716 g/mol. The number of piperidine rings is 1. The van der Waals surface area contributed by atoms with Gasteiger partial charge in [0.2, 0.25) is 0 Å². The molecule has 12 heteroatoms. The van der Waals surface area contributed by atoms with Crippen molar-refractivity contribution >= 4 is 60.3 Å². The number of hydrogen-bond donors (Lipinski definition) is 0. The third-order valence-corrected chi connectivity index (χ3v) is 8.05. The summed E-state index contributed by atoms with van der Waals surface area (Å²) in [5.41, 5.74) is 1.04. The first kappa shape index (κ1) is 34.0. The first-order chi connectivity index (χ1) is 16.4. The Balaban J connectivity index is 0.00000324. The average molecular weight is 748 g/mol. The summed E-state index contributed by atoms with van der Waals surface area (Å²) in [7, 11) is 1.46. The second kappa shape index (κ2) is 16.8. The Hall–Kier alpha value is -0.0177. The third-order valence-electron chi connectivity index (χ3n) is 6.95. The molecular formula is C24H32Cl2N3O4ReS2-5. The van der Waals surface area contributed by atoms with E-state index in [1.165, 1.54) is 7.11 Å². The molecule has 1 radical (unpaired) electrons. The number of esters is 1. The summed E-state index contributed by atoms with van der Waals surface area (Å²) in [6, 6.07) is 6.20. The van der Waals surface area contributed by atoms with Crippen LogP contribution in [0, 0.1) is 5.92 Å². The number of nitrogens with zero attached hydrogens (tertiary/aromatic N) is 3. The van der Waals surface area contributed by atoms with Crippen LogP contribution in [-0.4, -0.2) is 85.1 Å². The van der Waals surface area contributed by atoms with E-state index in [0.717, 1.165) is 44.3 Å². The van der Waals surface area contributed by atoms with Crippen molar-refractivity contribution in [2.45, 2.75) is 43.7 Å². The first-order valence-corrected chi connectivity index (χ1v) is 13.7. The van der Waals surface area contributed by atoms with Crippen molar-refractivity contribution in [2.24, 2.45) is 10.9 Å². The SMILES string of the molecule is COC(=O)[C@@H]1[C@H]2CCC(C[C@H]1c1ccc(Cl)c(Cl)c1)N2CCCN(CC[S-])CC([O-])=NCC[S-].[O-2].[Re]. The van der Waals surface area contributed by atoms with Gasteiger partial charge in [-0.05, 0) is 68.9 Å². The molecule has 2 saturated heterocycles. The van der Waals surface area contributed by atoms with Crippen LogP contribution in [0.4, 0.5) is 0 Å². The van der Waals surface area contributed by atoms with Crippen LogP contribution in [0.1, 0.15) is 37.2 Å². The number of benzene rings is 1. The van der Waals surface area contributed by atoms with Gasteiger partial charge in [-0.3, -0.25) is 9.69 Å². The molecule has 2 fully saturated rings. The second-order valence-electron chi connectivity index (χ2n) is 8.91. The van der Waals surface area contributed by atoms with Crippen LogP contribution >= 0.6 is 23.2 Å². The van der Waals surface area contributed by atoms with Crippen LogP contribution in [-0.2, 0) is 60.7 Å². The fourth-order valence-electron chi connectivity index (χ4n) is 5.49. The van der Waals surface area contributed by atoms with E-state index in [9.17, 15) is 9.90 Å². The van der Waals surface area contributed by atoms with Crippen LogP contribution < -0.4 is 5.11 Å². The van der Waals surface area contributed by atoms with Gasteiger partial charge in [0.1, 0.15) is 0 Å². The number of carbonyl (C=O) groups excluding carboxylic acids is 1. The van der Waals surface area contributed by atoms with Crippen molar-refractivity contribution in [3.05, 3.63) is 33.8 Å². The fourth-order valence-corrected chi connectivity index (χ4v) is 6.15. The minimum absolute atomic E-state index is 0. The minimum atomic E-state index is -0.247. The van der Waals surface area contributed by atoms with E-state index < -0.39 is 0 Å². The number of rotatable bonds is 12. The predicted molar refractivity (Wildman–Crippen MR) is 141 cm³/mol. The summed E-state index contributed by atoms with van der Waals surface area (Å²) < 4.78 is 5.25. The van der Waals surface area contributed by atoms with Gasteiger partial charge >= 0.3 is 5.97 Å². The van der Waals surface area contributed by atoms with Gasteiger partial charge in [0.25, 0.3) is 0 Å². The van der Waals surface area contributed by atoms with Crippen LogP contribution in [0.2, 0.25) is 10.0 Å². The molecule has 205 valence electrons. The zero-order chi connectivity index (χ0) is 24.7. The molecule has 1 aromatic rings. The zero-order valence-electron chi connectivity index (χ0n) is 20.2. The van der Waals surface area contributed by atoms with Crippen LogP contribution in [0.15, 0.2) is 23.2 Å². The van der Waals surface area contributed by atoms with E-state index >= 15 is 0 Å². The van der Waals surface area contributed by atoms with Crippen LogP contribution in [0.25, 0.3) is 0 Å². The van der Waals surface area contributed by atoms with Gasteiger partial charge in [0, 0.05) is 51.5 Å². The van der Waals surface area contributed by atoms with E-state index in [2.05, 4.69) is 14.8 Å². The zero-order valence-corrected chi connectivity index (χ0v) is 26.1. The van der Waals surface area contributed by atoms with Crippen molar-refractivity contribution < 1.29 is 40.5 Å². The Kier molecular flexibility index (Phi) is 15.9. The van der Waals surface area contributed by atoms with E-state index in [0.29, 0.717) is 40.7 Å². The van der Waals surface area contributed by atoms with Crippen molar-refractivity contribution in [3.63, 3.8) is 0 Å². The number of carbonyl (C=O) groups is 1. The number of aliphatic imine (C=N–C) groups is 1. The molecule has 0 N–H and O–H groups in total. The molecule has 1 unspecified atom stereocenters. The summed E-state index contributed by atoms with van der Waals surface area (Å²) in [6.07, 6.45) is 3.80. The Morgan fingerprint density at radius 3 is 2.61 bits per heavy atom. The maximum Gasteiger partial charge on any atom is 0.310 e. The van der Waals surface area contributed by atoms with E-state index in [-0.39, 0.29) is 62.2 Å². The number of halogens is 2. The number of hydrogen-bond acceptors (Lipinski definition) is 8. The largest absolute Gasteiger partial charge is 2.00 e. The summed E-state index contributed by atoms with van der Waals surface area (Å²) in [5, 5.41) is 13.1. The molecule has 2 bridgehead atoms. The second-order valence-corrected chi connectivity index (χ2v) is 10.5. The maximum atomic E-state index is 12.9. The molecule has 0 amide bonds. The van der Waals surface area contributed by atoms with Gasteiger partial charge in [0.15, 0.2) is 0 Å². The molecule has 1 aromatic carbocycles. The van der Waals surface area contributed by atoms with E-state index in [1.807, 2.05) is 12.1 Å². The number of ether oxygens (including phenoxy) is 1. The molecule has 36 heavy (non-hydrogen) atoms. The van der Waals surface area contributed by atoms with Gasteiger partial charge < -0.3 is 50.5 Å². The summed E-state index contributed by atoms with van der Waals surface area (Å²) in [4.78, 5) is 21.5. The topological polar surface area (TPSA) is 96.7 Å². The van der Waals surface area contributed by atoms with Gasteiger partial charge in [-0.2, -0.15) is 11.5 Å². The van der Waals surface area contributed by atoms with Crippen molar-refractivity contribution in [3.8, 4) is 0 Å².